The van der Waals surface area contributed by atoms with Crippen LogP contribution in [-0.2, 0) is 4.74 Å². The minimum Gasteiger partial charge on any atom is -0.464 e. The molecule has 100 valence electrons. The molecule has 0 aliphatic carbocycles. The Hall–Kier alpha value is -1.15. The van der Waals surface area contributed by atoms with Crippen LogP contribution in [0.15, 0.2) is 18.2 Å². The first kappa shape index (κ1) is 14.3. The van der Waals surface area contributed by atoms with Gasteiger partial charge in [-0.05, 0) is 41.6 Å². The van der Waals surface area contributed by atoms with Gasteiger partial charge in [-0.25, -0.2) is 13.9 Å². The SMILES string of the molecule is COC(=O)c1nn(-c2ccc(Cl)c(F)c2)c(C)c1I. The van der Waals surface area contributed by atoms with Crippen molar-refractivity contribution >= 4 is 40.2 Å². The summed E-state index contributed by atoms with van der Waals surface area (Å²) in [6.07, 6.45) is 0. The van der Waals surface area contributed by atoms with Crippen molar-refractivity contribution in [3.8, 4) is 5.69 Å². The summed E-state index contributed by atoms with van der Waals surface area (Å²) in [5.41, 5.74) is 1.42. The van der Waals surface area contributed by atoms with E-state index in [9.17, 15) is 9.18 Å². The van der Waals surface area contributed by atoms with Crippen molar-refractivity contribution in [3.05, 3.63) is 44.0 Å². The maximum absolute atomic E-state index is 13.5. The second-order valence-corrected chi connectivity index (χ2v) is 5.24. The molecule has 0 atom stereocenters. The van der Waals surface area contributed by atoms with Gasteiger partial charge >= 0.3 is 5.97 Å². The first-order valence-corrected chi connectivity index (χ1v) is 6.70. The van der Waals surface area contributed by atoms with Crippen LogP contribution in [0.3, 0.4) is 0 Å². The molecular formula is C12H9ClFIN2O2. The summed E-state index contributed by atoms with van der Waals surface area (Å²) in [6, 6.07) is 4.33. The first-order valence-electron chi connectivity index (χ1n) is 5.24. The van der Waals surface area contributed by atoms with Crippen molar-refractivity contribution in [2.24, 2.45) is 0 Å². The van der Waals surface area contributed by atoms with Crippen LogP contribution < -0.4 is 0 Å². The second kappa shape index (κ2) is 5.46. The van der Waals surface area contributed by atoms with E-state index < -0.39 is 11.8 Å². The zero-order chi connectivity index (χ0) is 14.2. The third-order valence-corrected chi connectivity index (χ3v) is 4.17. The molecule has 1 aromatic carbocycles. The van der Waals surface area contributed by atoms with Gasteiger partial charge in [-0.2, -0.15) is 5.10 Å². The molecule has 2 aromatic rings. The summed E-state index contributed by atoms with van der Waals surface area (Å²) in [5, 5.41) is 4.18. The lowest BCUT2D eigenvalue weighted by molar-refractivity contribution is 0.0592. The number of esters is 1. The number of halogens is 3. The van der Waals surface area contributed by atoms with Crippen LogP contribution in [-0.4, -0.2) is 22.9 Å². The van der Waals surface area contributed by atoms with Crippen molar-refractivity contribution in [1.82, 2.24) is 9.78 Å². The fourth-order valence-electron chi connectivity index (χ4n) is 1.58. The van der Waals surface area contributed by atoms with Gasteiger partial charge in [0.1, 0.15) is 5.82 Å². The molecule has 0 aliphatic rings. The molecule has 4 nitrogen and oxygen atoms in total. The van der Waals surface area contributed by atoms with Crippen LogP contribution in [0.4, 0.5) is 4.39 Å². The molecule has 0 fully saturated rings. The Morgan fingerprint density at radius 1 is 1.53 bits per heavy atom. The Morgan fingerprint density at radius 2 is 2.21 bits per heavy atom. The van der Waals surface area contributed by atoms with Crippen molar-refractivity contribution in [2.75, 3.05) is 7.11 Å². The van der Waals surface area contributed by atoms with Crippen LogP contribution in [0.1, 0.15) is 16.2 Å². The van der Waals surface area contributed by atoms with E-state index in [1.807, 2.05) is 22.6 Å². The Labute approximate surface area is 127 Å². The zero-order valence-corrected chi connectivity index (χ0v) is 13.0. The molecule has 0 radical (unpaired) electrons. The summed E-state index contributed by atoms with van der Waals surface area (Å²) >= 11 is 7.64. The zero-order valence-electron chi connectivity index (χ0n) is 10.1. The lowest BCUT2D eigenvalue weighted by Gasteiger charge is -2.04. The van der Waals surface area contributed by atoms with Crippen LogP contribution in [0.5, 0.6) is 0 Å². The number of hydrogen-bond donors (Lipinski definition) is 0. The first-order chi connectivity index (χ1) is 8.95. The van der Waals surface area contributed by atoms with Crippen LogP contribution >= 0.6 is 34.2 Å². The third kappa shape index (κ3) is 2.59. The normalized spacial score (nSPS) is 10.6. The molecule has 2 rings (SSSR count). The second-order valence-electron chi connectivity index (χ2n) is 3.75. The topological polar surface area (TPSA) is 44.1 Å². The van der Waals surface area contributed by atoms with Gasteiger partial charge in [0.15, 0.2) is 5.69 Å². The Bertz CT molecular complexity index is 657. The number of ether oxygens (including phenoxy) is 1. The minimum atomic E-state index is -0.538. The van der Waals surface area contributed by atoms with E-state index in [4.69, 9.17) is 11.6 Å². The third-order valence-electron chi connectivity index (χ3n) is 2.57. The van der Waals surface area contributed by atoms with Gasteiger partial charge in [0.25, 0.3) is 0 Å². The van der Waals surface area contributed by atoms with Crippen molar-refractivity contribution in [2.45, 2.75) is 6.92 Å². The number of carbonyl (C=O) groups excluding carboxylic acids is 1. The molecule has 0 saturated carbocycles. The number of nitrogens with zero attached hydrogens (tertiary/aromatic N) is 2. The predicted octanol–water partition coefficient (Wildman–Crippen LogP) is 3.36. The number of carbonyl (C=O) groups is 1. The molecule has 1 heterocycles. The maximum atomic E-state index is 13.5. The highest BCUT2D eigenvalue weighted by Gasteiger charge is 2.20. The Balaban J connectivity index is 2.57. The number of methoxy groups -OCH3 is 1. The smallest absolute Gasteiger partial charge is 0.359 e. The van der Waals surface area contributed by atoms with Gasteiger partial charge in [-0.1, -0.05) is 11.6 Å². The summed E-state index contributed by atoms with van der Waals surface area (Å²) in [7, 11) is 1.29. The summed E-state index contributed by atoms with van der Waals surface area (Å²) < 4.78 is 20.3. The fraction of sp³-hybridized carbons (Fsp3) is 0.167. The molecule has 0 bridgehead atoms. The average molecular weight is 395 g/mol. The van der Waals surface area contributed by atoms with E-state index in [1.165, 1.54) is 23.9 Å². The molecule has 0 unspecified atom stereocenters. The van der Waals surface area contributed by atoms with Crippen LogP contribution in [0.2, 0.25) is 5.02 Å². The number of hydrogen-bond acceptors (Lipinski definition) is 3. The van der Waals surface area contributed by atoms with E-state index in [1.54, 1.807) is 13.0 Å². The van der Waals surface area contributed by atoms with Crippen LogP contribution in [0, 0.1) is 16.3 Å². The van der Waals surface area contributed by atoms with Gasteiger partial charge in [0, 0.05) is 6.07 Å². The lowest BCUT2D eigenvalue weighted by Crippen LogP contribution is -2.05. The van der Waals surface area contributed by atoms with E-state index in [0.29, 0.717) is 9.26 Å². The Kier molecular flexibility index (Phi) is 4.10. The summed E-state index contributed by atoms with van der Waals surface area (Å²) in [6.45, 7) is 1.79. The number of aromatic nitrogens is 2. The van der Waals surface area contributed by atoms with Gasteiger partial charge in [-0.3, -0.25) is 0 Å². The van der Waals surface area contributed by atoms with E-state index >= 15 is 0 Å². The van der Waals surface area contributed by atoms with E-state index in [-0.39, 0.29) is 10.7 Å². The molecule has 0 spiro atoms. The fourth-order valence-corrected chi connectivity index (χ4v) is 2.25. The number of benzene rings is 1. The lowest BCUT2D eigenvalue weighted by atomic mass is 10.3. The van der Waals surface area contributed by atoms with E-state index in [2.05, 4.69) is 9.84 Å². The molecule has 0 saturated heterocycles. The molecule has 1 aromatic heterocycles. The maximum Gasteiger partial charge on any atom is 0.359 e. The highest BCUT2D eigenvalue weighted by atomic mass is 127. The monoisotopic (exact) mass is 394 g/mol. The summed E-state index contributed by atoms with van der Waals surface area (Å²) in [4.78, 5) is 11.6. The molecule has 0 aliphatic heterocycles. The van der Waals surface area contributed by atoms with Gasteiger partial charge in [-0.15, -0.1) is 0 Å². The van der Waals surface area contributed by atoms with Crippen molar-refractivity contribution in [1.29, 1.82) is 0 Å². The van der Waals surface area contributed by atoms with Gasteiger partial charge < -0.3 is 4.74 Å². The van der Waals surface area contributed by atoms with Crippen molar-refractivity contribution < 1.29 is 13.9 Å². The van der Waals surface area contributed by atoms with Gasteiger partial charge in [0.05, 0.1) is 27.1 Å². The minimum absolute atomic E-state index is 0.0384. The largest absolute Gasteiger partial charge is 0.464 e. The van der Waals surface area contributed by atoms with Gasteiger partial charge in [0.2, 0.25) is 0 Å². The quantitative estimate of drug-likeness (QED) is 0.579. The van der Waals surface area contributed by atoms with E-state index in [0.717, 1.165) is 5.69 Å². The molecule has 7 heteroatoms. The molecular weight excluding hydrogens is 385 g/mol. The van der Waals surface area contributed by atoms with Crippen LogP contribution in [0.25, 0.3) is 5.69 Å². The predicted molar refractivity (Wildman–Crippen MR) is 77.3 cm³/mol. The number of rotatable bonds is 2. The highest BCUT2D eigenvalue weighted by Crippen LogP contribution is 2.23. The Morgan fingerprint density at radius 3 is 2.79 bits per heavy atom. The highest BCUT2D eigenvalue weighted by molar-refractivity contribution is 14.1. The molecule has 19 heavy (non-hydrogen) atoms. The molecule has 0 amide bonds. The van der Waals surface area contributed by atoms with Crippen molar-refractivity contribution in [3.63, 3.8) is 0 Å². The average Bonchev–Trinajstić information content (AvgIpc) is 2.69. The standard InChI is InChI=1S/C12H9ClFIN2O2/c1-6-10(15)11(12(18)19-2)16-17(6)7-3-4-8(13)9(14)5-7/h3-5H,1-2H3. The molecule has 0 N–H and O–H groups in total. The summed E-state index contributed by atoms with van der Waals surface area (Å²) in [5.74, 6) is -1.07.